The zero-order valence-corrected chi connectivity index (χ0v) is 14.1. The second-order valence-corrected chi connectivity index (χ2v) is 5.71. The number of anilines is 1. The van der Waals surface area contributed by atoms with Crippen molar-refractivity contribution in [3.63, 3.8) is 0 Å². The number of para-hydroxylation sites is 1. The second kappa shape index (κ2) is 7.87. The van der Waals surface area contributed by atoms with Crippen molar-refractivity contribution in [2.75, 3.05) is 18.0 Å². The molecule has 23 heavy (non-hydrogen) atoms. The smallest absolute Gasteiger partial charge is 0.252 e. The lowest BCUT2D eigenvalue weighted by molar-refractivity contribution is -0.116. The Bertz CT molecular complexity index is 721. The number of benzene rings is 2. The fraction of sp³-hybridized carbons (Fsp3) is 0.176. The molecule has 2 aromatic carbocycles. The number of nitrogens with one attached hydrogen (secondary N) is 1. The minimum absolute atomic E-state index is 0.187. The van der Waals surface area contributed by atoms with Gasteiger partial charge < -0.3 is 10.2 Å². The third kappa shape index (κ3) is 4.39. The van der Waals surface area contributed by atoms with Gasteiger partial charge >= 0.3 is 0 Å². The predicted octanol–water partition coefficient (Wildman–Crippen LogP) is 3.37. The van der Waals surface area contributed by atoms with E-state index in [-0.39, 0.29) is 30.6 Å². The molecule has 0 aliphatic carbocycles. The average Bonchev–Trinajstić information content (AvgIpc) is 2.52. The van der Waals surface area contributed by atoms with Gasteiger partial charge in [0.2, 0.25) is 5.91 Å². The summed E-state index contributed by atoms with van der Waals surface area (Å²) in [6, 6.07) is 13.1. The molecule has 6 heteroatoms. The minimum Gasteiger partial charge on any atom is -0.350 e. The van der Waals surface area contributed by atoms with Crippen molar-refractivity contribution in [3.05, 3.63) is 64.4 Å². The third-order valence-electron chi connectivity index (χ3n) is 3.26. The van der Waals surface area contributed by atoms with E-state index in [2.05, 4.69) is 21.2 Å². The van der Waals surface area contributed by atoms with E-state index in [9.17, 15) is 14.0 Å². The largest absolute Gasteiger partial charge is 0.350 e. The van der Waals surface area contributed by atoms with Crippen LogP contribution < -0.4 is 10.2 Å². The van der Waals surface area contributed by atoms with E-state index in [1.54, 1.807) is 30.3 Å². The normalized spacial score (nSPS) is 10.2. The predicted molar refractivity (Wildman–Crippen MR) is 90.9 cm³/mol. The Balaban J connectivity index is 2.01. The third-order valence-corrected chi connectivity index (χ3v) is 3.95. The zero-order valence-electron chi connectivity index (χ0n) is 12.6. The molecule has 2 aromatic rings. The van der Waals surface area contributed by atoms with Crippen LogP contribution in [0, 0.1) is 5.82 Å². The van der Waals surface area contributed by atoms with E-state index in [0.717, 1.165) is 0 Å². The first-order chi connectivity index (χ1) is 11.0. The first-order valence-corrected chi connectivity index (χ1v) is 7.85. The number of nitrogens with zero attached hydrogens (tertiary/aromatic N) is 1. The summed E-state index contributed by atoms with van der Waals surface area (Å²) in [5.41, 5.74) is 0.711. The Morgan fingerprint density at radius 3 is 2.43 bits per heavy atom. The van der Waals surface area contributed by atoms with Gasteiger partial charge in [-0.3, -0.25) is 9.59 Å². The van der Waals surface area contributed by atoms with Crippen molar-refractivity contribution in [1.29, 1.82) is 0 Å². The van der Waals surface area contributed by atoms with Gasteiger partial charge in [-0.05, 0) is 40.2 Å². The molecular formula is C17H16BrFN2O2. The van der Waals surface area contributed by atoms with Gasteiger partial charge in [-0.15, -0.1) is 0 Å². The average molecular weight is 379 g/mol. The summed E-state index contributed by atoms with van der Waals surface area (Å²) in [4.78, 5) is 25.1. The van der Waals surface area contributed by atoms with Crippen molar-refractivity contribution < 1.29 is 14.0 Å². The lowest BCUT2D eigenvalue weighted by Gasteiger charge is -2.22. The van der Waals surface area contributed by atoms with E-state index in [0.29, 0.717) is 10.0 Å². The number of hydrogen-bond donors (Lipinski definition) is 1. The van der Waals surface area contributed by atoms with Crippen LogP contribution in [0.1, 0.15) is 17.3 Å². The molecule has 0 unspecified atom stereocenters. The first-order valence-electron chi connectivity index (χ1n) is 7.06. The molecule has 120 valence electrons. The number of carbonyl (C=O) groups excluding carboxylic acids is 2. The van der Waals surface area contributed by atoms with Gasteiger partial charge in [0, 0.05) is 24.5 Å². The topological polar surface area (TPSA) is 49.4 Å². The summed E-state index contributed by atoms with van der Waals surface area (Å²) in [7, 11) is 0. The van der Waals surface area contributed by atoms with Crippen molar-refractivity contribution in [2.45, 2.75) is 6.92 Å². The molecule has 0 spiro atoms. The molecule has 1 N–H and O–H groups in total. The fourth-order valence-electron chi connectivity index (χ4n) is 2.14. The summed E-state index contributed by atoms with van der Waals surface area (Å²) < 4.78 is 14.5. The van der Waals surface area contributed by atoms with Crippen LogP contribution in [0.2, 0.25) is 0 Å². The molecule has 0 fully saturated rings. The SMILES string of the molecule is CC(=O)N(CCNC(=O)c1ccccc1Br)c1ccccc1F. The summed E-state index contributed by atoms with van der Waals surface area (Å²) in [5.74, 6) is -1.01. The van der Waals surface area contributed by atoms with Crippen LogP contribution in [0.5, 0.6) is 0 Å². The molecule has 0 aliphatic heterocycles. The van der Waals surface area contributed by atoms with Gasteiger partial charge in [0.1, 0.15) is 5.82 Å². The highest BCUT2D eigenvalue weighted by molar-refractivity contribution is 9.10. The molecule has 0 saturated heterocycles. The van der Waals surface area contributed by atoms with Gasteiger partial charge in [-0.2, -0.15) is 0 Å². The maximum atomic E-state index is 13.8. The molecule has 0 bridgehead atoms. The lowest BCUT2D eigenvalue weighted by atomic mass is 10.2. The van der Waals surface area contributed by atoms with Crippen LogP contribution in [0.3, 0.4) is 0 Å². The van der Waals surface area contributed by atoms with Crippen molar-refractivity contribution >= 4 is 33.4 Å². The van der Waals surface area contributed by atoms with Gasteiger partial charge in [-0.1, -0.05) is 24.3 Å². The molecule has 4 nitrogen and oxygen atoms in total. The number of rotatable bonds is 5. The Morgan fingerprint density at radius 1 is 1.13 bits per heavy atom. The standard InChI is InChI=1S/C17H16BrFN2O2/c1-12(22)21(16-9-5-4-8-15(16)19)11-10-20-17(23)13-6-2-3-7-14(13)18/h2-9H,10-11H2,1H3,(H,20,23). The number of hydrogen-bond acceptors (Lipinski definition) is 2. The monoisotopic (exact) mass is 378 g/mol. The zero-order chi connectivity index (χ0) is 16.8. The van der Waals surface area contributed by atoms with Crippen LogP contribution in [-0.2, 0) is 4.79 Å². The Hall–Kier alpha value is -2.21. The van der Waals surface area contributed by atoms with Gasteiger partial charge in [0.25, 0.3) is 5.91 Å². The van der Waals surface area contributed by atoms with E-state index in [4.69, 9.17) is 0 Å². The van der Waals surface area contributed by atoms with E-state index in [1.165, 1.54) is 24.0 Å². The second-order valence-electron chi connectivity index (χ2n) is 4.86. The summed E-state index contributed by atoms with van der Waals surface area (Å²) in [5, 5.41) is 2.73. The molecule has 2 rings (SSSR count). The fourth-order valence-corrected chi connectivity index (χ4v) is 2.60. The van der Waals surface area contributed by atoms with Gasteiger partial charge in [0.15, 0.2) is 0 Å². The lowest BCUT2D eigenvalue weighted by Crippen LogP contribution is -2.38. The molecule has 0 atom stereocenters. The first kappa shape index (κ1) is 17.1. The van der Waals surface area contributed by atoms with Crippen molar-refractivity contribution in [1.82, 2.24) is 5.32 Å². The molecule has 0 aromatic heterocycles. The molecule has 0 aliphatic rings. The van der Waals surface area contributed by atoms with Crippen LogP contribution in [0.25, 0.3) is 0 Å². The van der Waals surface area contributed by atoms with Gasteiger partial charge in [0.05, 0.1) is 11.3 Å². The van der Waals surface area contributed by atoms with E-state index in [1.807, 2.05) is 6.07 Å². The number of halogens is 2. The van der Waals surface area contributed by atoms with Crippen LogP contribution in [0.15, 0.2) is 53.0 Å². The van der Waals surface area contributed by atoms with Gasteiger partial charge in [-0.25, -0.2) is 4.39 Å². The van der Waals surface area contributed by atoms with Crippen LogP contribution in [0.4, 0.5) is 10.1 Å². The van der Waals surface area contributed by atoms with Crippen molar-refractivity contribution in [3.8, 4) is 0 Å². The summed E-state index contributed by atoms with van der Waals surface area (Å²) >= 11 is 3.31. The highest BCUT2D eigenvalue weighted by Crippen LogP contribution is 2.18. The van der Waals surface area contributed by atoms with E-state index < -0.39 is 5.82 Å². The summed E-state index contributed by atoms with van der Waals surface area (Å²) in [6.45, 7) is 1.77. The quantitative estimate of drug-likeness (QED) is 0.866. The molecular weight excluding hydrogens is 363 g/mol. The van der Waals surface area contributed by atoms with Crippen LogP contribution in [-0.4, -0.2) is 24.9 Å². The molecule has 0 radical (unpaired) electrons. The molecule has 0 heterocycles. The van der Waals surface area contributed by atoms with Crippen LogP contribution >= 0.6 is 15.9 Å². The van der Waals surface area contributed by atoms with Crippen molar-refractivity contribution in [2.24, 2.45) is 0 Å². The minimum atomic E-state index is -0.472. The summed E-state index contributed by atoms with van der Waals surface area (Å²) in [6.07, 6.45) is 0. The highest BCUT2D eigenvalue weighted by atomic mass is 79.9. The number of amides is 2. The molecule has 2 amide bonds. The molecule has 0 saturated carbocycles. The Morgan fingerprint density at radius 2 is 1.78 bits per heavy atom. The highest BCUT2D eigenvalue weighted by Gasteiger charge is 2.16. The van der Waals surface area contributed by atoms with E-state index >= 15 is 0 Å². The number of carbonyl (C=O) groups is 2. The maximum Gasteiger partial charge on any atom is 0.252 e. The maximum absolute atomic E-state index is 13.8. The Labute approximate surface area is 142 Å². The Kier molecular flexibility index (Phi) is 5.87.